The third-order valence-corrected chi connectivity index (χ3v) is 4.30. The van der Waals surface area contributed by atoms with Crippen molar-refractivity contribution >= 4 is 0 Å². The minimum Gasteiger partial charge on any atom is -0.394 e. The van der Waals surface area contributed by atoms with E-state index in [1.807, 2.05) is 0 Å². The summed E-state index contributed by atoms with van der Waals surface area (Å²) in [6.45, 7) is -1.60. The molecule has 11 heteroatoms. The van der Waals surface area contributed by atoms with E-state index in [9.17, 15) is 35.7 Å². The van der Waals surface area contributed by atoms with Gasteiger partial charge in [-0.2, -0.15) is 0 Å². The van der Waals surface area contributed by atoms with E-state index < -0.39 is 73.9 Å². The molecule has 0 saturated carbocycles. The topological polar surface area (TPSA) is 201 Å². The van der Waals surface area contributed by atoms with Crippen LogP contribution in [-0.2, 0) is 9.47 Å². The zero-order valence-corrected chi connectivity index (χ0v) is 12.0. The van der Waals surface area contributed by atoms with Crippen molar-refractivity contribution in [1.82, 2.24) is 0 Å². The molecule has 2 rings (SSSR count). The van der Waals surface area contributed by atoms with Crippen molar-refractivity contribution in [2.45, 2.75) is 60.7 Å². The molecule has 2 aliphatic heterocycles. The average molecular weight is 342 g/mol. The van der Waals surface area contributed by atoms with Crippen LogP contribution in [0, 0.1) is 0 Å². The molecule has 0 aromatic heterocycles. The maximum atomic E-state index is 10.5. The molecule has 136 valence electrons. The second-order valence-electron chi connectivity index (χ2n) is 5.77. The van der Waals surface area contributed by atoms with Gasteiger partial charge in [0, 0.05) is 0 Å². The lowest BCUT2D eigenvalue weighted by atomic mass is 9.83. The first-order chi connectivity index (χ1) is 10.7. The smallest absolute Gasteiger partial charge is 0.225 e. The molecule has 2 heterocycles. The predicted molar refractivity (Wildman–Crippen MR) is 68.7 cm³/mol. The molecule has 0 amide bonds. The molecule has 9 N–H and O–H groups in total. The summed E-state index contributed by atoms with van der Waals surface area (Å²) >= 11 is 0. The number of hydrogen-bond donors (Lipinski definition) is 9. The normalized spacial score (nSPS) is 54.9. The monoisotopic (exact) mass is 342 g/mol. The Morgan fingerprint density at radius 2 is 1.22 bits per heavy atom. The fraction of sp³-hybridized carbons (Fsp3) is 1.00. The van der Waals surface area contributed by atoms with Crippen LogP contribution in [0.4, 0.5) is 0 Å². The highest BCUT2D eigenvalue weighted by molar-refractivity contribution is 5.05. The number of ether oxygens (including phenoxy) is 2. The van der Waals surface area contributed by atoms with Crippen molar-refractivity contribution in [1.29, 1.82) is 0 Å². The summed E-state index contributed by atoms with van der Waals surface area (Å²) < 4.78 is 10.1. The predicted octanol–water partition coefficient (Wildman–Crippen LogP) is -6.01. The summed E-state index contributed by atoms with van der Waals surface area (Å²) in [6, 6.07) is 0. The maximum Gasteiger partial charge on any atom is 0.225 e. The van der Waals surface area contributed by atoms with E-state index in [0.29, 0.717) is 0 Å². The Balaban J connectivity index is 2.33. The van der Waals surface area contributed by atoms with Gasteiger partial charge in [-0.3, -0.25) is 0 Å². The molecule has 0 radical (unpaired) electrons. The van der Waals surface area contributed by atoms with Gasteiger partial charge in [0.25, 0.3) is 0 Å². The highest BCUT2D eigenvalue weighted by Gasteiger charge is 2.62. The van der Waals surface area contributed by atoms with Crippen molar-refractivity contribution in [3.05, 3.63) is 0 Å². The molecule has 0 bridgehead atoms. The molecule has 2 fully saturated rings. The minimum absolute atomic E-state index is 0.776. The summed E-state index contributed by atoms with van der Waals surface area (Å²) in [5.41, 5.74) is 0. The van der Waals surface area contributed by atoms with Crippen LogP contribution in [0.15, 0.2) is 0 Å². The summed E-state index contributed by atoms with van der Waals surface area (Å²) in [5, 5.41) is 87.7. The second kappa shape index (κ2) is 6.82. The molecule has 11 nitrogen and oxygen atoms in total. The van der Waals surface area contributed by atoms with Gasteiger partial charge in [0.2, 0.25) is 5.79 Å². The SMILES string of the molecule is OC[C@H]1O[C@@](O)(C2O[C@H](CO)[C@@H](O)[C@H](O)[C@H]2O)[C@H](O)[C@H](O)[C@@H]1O. The van der Waals surface area contributed by atoms with Gasteiger partial charge in [0.15, 0.2) is 0 Å². The molecule has 0 aromatic carbocycles. The Labute approximate surface area is 130 Å². The number of hydrogen-bond acceptors (Lipinski definition) is 11. The third-order valence-electron chi connectivity index (χ3n) is 4.30. The van der Waals surface area contributed by atoms with Crippen LogP contribution < -0.4 is 0 Å². The maximum absolute atomic E-state index is 10.5. The molecular formula is C12H22O11. The van der Waals surface area contributed by atoms with Crippen molar-refractivity contribution in [2.75, 3.05) is 13.2 Å². The Morgan fingerprint density at radius 3 is 1.74 bits per heavy atom. The van der Waals surface area contributed by atoms with Gasteiger partial charge in [-0.15, -0.1) is 0 Å². The summed E-state index contributed by atoms with van der Waals surface area (Å²) in [7, 11) is 0. The fourth-order valence-electron chi connectivity index (χ4n) is 2.86. The van der Waals surface area contributed by atoms with Gasteiger partial charge in [-0.25, -0.2) is 0 Å². The summed E-state index contributed by atoms with van der Waals surface area (Å²) in [6.07, 6.45) is -16.1. The van der Waals surface area contributed by atoms with E-state index in [0.717, 1.165) is 0 Å². The van der Waals surface area contributed by atoms with Crippen LogP contribution >= 0.6 is 0 Å². The molecular weight excluding hydrogens is 320 g/mol. The first kappa shape index (κ1) is 18.9. The van der Waals surface area contributed by atoms with Crippen molar-refractivity contribution in [3.63, 3.8) is 0 Å². The van der Waals surface area contributed by atoms with Crippen LogP contribution in [-0.4, -0.2) is 120 Å². The molecule has 10 atom stereocenters. The van der Waals surface area contributed by atoms with Gasteiger partial charge in [0.05, 0.1) is 13.2 Å². The highest BCUT2D eigenvalue weighted by Crippen LogP contribution is 2.37. The molecule has 2 saturated heterocycles. The van der Waals surface area contributed by atoms with E-state index in [1.165, 1.54) is 0 Å². The first-order valence-electron chi connectivity index (χ1n) is 7.04. The molecule has 2 aliphatic rings. The Kier molecular flexibility index (Phi) is 5.60. The van der Waals surface area contributed by atoms with E-state index >= 15 is 0 Å². The fourth-order valence-corrected chi connectivity index (χ4v) is 2.86. The van der Waals surface area contributed by atoms with E-state index in [4.69, 9.17) is 19.7 Å². The summed E-state index contributed by atoms with van der Waals surface area (Å²) in [5.74, 6) is -2.82. The Hall–Kier alpha value is -0.440. The summed E-state index contributed by atoms with van der Waals surface area (Å²) in [4.78, 5) is 0. The molecule has 23 heavy (non-hydrogen) atoms. The zero-order valence-electron chi connectivity index (χ0n) is 12.0. The van der Waals surface area contributed by atoms with Crippen LogP contribution in [0.1, 0.15) is 0 Å². The number of rotatable bonds is 3. The lowest BCUT2D eigenvalue weighted by Crippen LogP contribution is -2.75. The number of aliphatic hydroxyl groups excluding tert-OH is 8. The van der Waals surface area contributed by atoms with Gasteiger partial charge in [-0.1, -0.05) is 0 Å². The second-order valence-corrected chi connectivity index (χ2v) is 5.77. The van der Waals surface area contributed by atoms with E-state index in [2.05, 4.69) is 0 Å². The van der Waals surface area contributed by atoms with Crippen molar-refractivity contribution in [3.8, 4) is 0 Å². The van der Waals surface area contributed by atoms with Crippen LogP contribution in [0.3, 0.4) is 0 Å². The molecule has 0 aliphatic carbocycles. The quantitative estimate of drug-likeness (QED) is 0.236. The van der Waals surface area contributed by atoms with Crippen LogP contribution in [0.5, 0.6) is 0 Å². The van der Waals surface area contributed by atoms with E-state index in [1.54, 1.807) is 0 Å². The largest absolute Gasteiger partial charge is 0.394 e. The molecule has 0 aromatic rings. The lowest BCUT2D eigenvalue weighted by molar-refractivity contribution is -0.406. The van der Waals surface area contributed by atoms with Crippen LogP contribution in [0.2, 0.25) is 0 Å². The standard InChI is InChI=1S/C12H22O11/c13-1-3-5(15)7(17)9(19)11(22-3)12(21)10(20)8(18)6(16)4(2-14)23-12/h3-11,13-21H,1-2H2/t3-,4-,5-,6-,7+,8-,9-,10-,11?,12-/m1/s1. The average Bonchev–Trinajstić information content (AvgIpc) is 2.54. The van der Waals surface area contributed by atoms with Crippen molar-refractivity contribution < 1.29 is 55.4 Å². The van der Waals surface area contributed by atoms with Crippen molar-refractivity contribution in [2.24, 2.45) is 0 Å². The van der Waals surface area contributed by atoms with Gasteiger partial charge in [-0.05, 0) is 0 Å². The lowest BCUT2D eigenvalue weighted by Gasteiger charge is -2.52. The van der Waals surface area contributed by atoms with Crippen LogP contribution in [0.25, 0.3) is 0 Å². The first-order valence-corrected chi connectivity index (χ1v) is 7.04. The molecule has 0 spiro atoms. The van der Waals surface area contributed by atoms with Gasteiger partial charge >= 0.3 is 0 Å². The zero-order chi connectivity index (χ0) is 17.5. The number of aliphatic hydroxyl groups is 9. The minimum atomic E-state index is -2.82. The Morgan fingerprint density at radius 1 is 0.696 bits per heavy atom. The Bertz CT molecular complexity index is 404. The van der Waals surface area contributed by atoms with Gasteiger partial charge < -0.3 is 55.4 Å². The highest BCUT2D eigenvalue weighted by atomic mass is 16.7. The van der Waals surface area contributed by atoms with E-state index in [-0.39, 0.29) is 0 Å². The van der Waals surface area contributed by atoms with Gasteiger partial charge in [0.1, 0.15) is 54.9 Å². The molecule has 1 unspecified atom stereocenters. The third kappa shape index (κ3) is 2.99.